The standard InChI is InChI=1S/C25H33N3O3/c1-6-27-13-15-28(16-14-27)22-12-9-19(24(30)31-5)17-21(22)26-23(29)18-7-10-20(11-8-18)25(2,3)4/h7-12,17H,6,13-16H2,1-5H3,(H,26,29)/p+1. The van der Waals surface area contributed by atoms with E-state index in [1.807, 2.05) is 30.3 Å². The van der Waals surface area contributed by atoms with Crippen molar-refractivity contribution >= 4 is 23.3 Å². The van der Waals surface area contributed by atoms with Crippen LogP contribution in [0.5, 0.6) is 0 Å². The summed E-state index contributed by atoms with van der Waals surface area (Å²) in [5, 5.41) is 3.03. The number of anilines is 2. The summed E-state index contributed by atoms with van der Waals surface area (Å²) in [4.78, 5) is 28.9. The number of carbonyl (C=O) groups is 2. The molecule has 166 valence electrons. The maximum Gasteiger partial charge on any atom is 0.337 e. The first-order chi connectivity index (χ1) is 14.7. The molecule has 0 atom stereocenters. The SMILES string of the molecule is CC[NH+]1CCN(c2ccc(C(=O)OC)cc2NC(=O)c2ccc(C(C)(C)C)cc2)CC1. The molecular weight excluding hydrogens is 390 g/mol. The molecule has 0 aromatic heterocycles. The average Bonchev–Trinajstić information content (AvgIpc) is 2.78. The van der Waals surface area contributed by atoms with Crippen molar-refractivity contribution in [3.05, 3.63) is 59.2 Å². The number of piperazine rings is 1. The largest absolute Gasteiger partial charge is 0.465 e. The molecule has 3 rings (SSSR count). The number of methoxy groups -OCH3 is 1. The van der Waals surface area contributed by atoms with Crippen molar-refractivity contribution in [2.24, 2.45) is 0 Å². The number of nitrogens with one attached hydrogen (secondary N) is 2. The molecule has 0 unspecified atom stereocenters. The average molecular weight is 425 g/mol. The van der Waals surface area contributed by atoms with Crippen LogP contribution in [0.2, 0.25) is 0 Å². The molecule has 1 aliphatic rings. The predicted octanol–water partition coefficient (Wildman–Crippen LogP) is 2.75. The number of ether oxygens (including phenoxy) is 1. The topological polar surface area (TPSA) is 63.1 Å². The van der Waals surface area contributed by atoms with Crippen molar-refractivity contribution in [3.8, 4) is 0 Å². The zero-order chi connectivity index (χ0) is 22.6. The van der Waals surface area contributed by atoms with Gasteiger partial charge in [-0.25, -0.2) is 4.79 Å². The van der Waals surface area contributed by atoms with Gasteiger partial charge >= 0.3 is 5.97 Å². The molecule has 2 aromatic carbocycles. The number of benzene rings is 2. The molecule has 0 saturated carbocycles. The first-order valence-electron chi connectivity index (χ1n) is 11.0. The monoisotopic (exact) mass is 424 g/mol. The Morgan fingerprint density at radius 1 is 1.03 bits per heavy atom. The number of nitrogens with zero attached hydrogens (tertiary/aromatic N) is 1. The van der Waals surface area contributed by atoms with E-state index in [4.69, 9.17) is 4.74 Å². The normalized spacial score (nSPS) is 14.9. The number of quaternary nitrogens is 1. The number of carbonyl (C=O) groups excluding carboxylic acids is 2. The molecule has 1 aliphatic heterocycles. The van der Waals surface area contributed by atoms with E-state index in [1.54, 1.807) is 17.0 Å². The van der Waals surface area contributed by atoms with Gasteiger partial charge in [-0.05, 0) is 48.2 Å². The molecule has 1 heterocycles. The number of hydrogen-bond donors (Lipinski definition) is 2. The van der Waals surface area contributed by atoms with Crippen LogP contribution < -0.4 is 15.1 Å². The fourth-order valence-electron chi connectivity index (χ4n) is 3.89. The van der Waals surface area contributed by atoms with Crippen LogP contribution in [0, 0.1) is 0 Å². The third-order valence-corrected chi connectivity index (χ3v) is 5.99. The summed E-state index contributed by atoms with van der Waals surface area (Å²) in [6.07, 6.45) is 0. The molecule has 0 aliphatic carbocycles. The van der Waals surface area contributed by atoms with Crippen LogP contribution in [0.1, 0.15) is 54.0 Å². The molecule has 6 nitrogen and oxygen atoms in total. The summed E-state index contributed by atoms with van der Waals surface area (Å²) in [5.41, 5.74) is 3.77. The van der Waals surface area contributed by atoms with E-state index >= 15 is 0 Å². The van der Waals surface area contributed by atoms with Gasteiger partial charge in [0, 0.05) is 5.56 Å². The van der Waals surface area contributed by atoms with Crippen LogP contribution in [-0.4, -0.2) is 51.7 Å². The minimum Gasteiger partial charge on any atom is -0.465 e. The van der Waals surface area contributed by atoms with Gasteiger partial charge in [0.25, 0.3) is 5.91 Å². The highest BCUT2D eigenvalue weighted by molar-refractivity contribution is 6.06. The number of likely N-dealkylation sites (N-methyl/N-ethyl adjacent to an activating group) is 1. The number of hydrogen-bond acceptors (Lipinski definition) is 4. The van der Waals surface area contributed by atoms with E-state index in [0.29, 0.717) is 16.8 Å². The quantitative estimate of drug-likeness (QED) is 0.725. The second kappa shape index (κ2) is 9.52. The minimum absolute atomic E-state index is 0.0274. The molecule has 1 fully saturated rings. The van der Waals surface area contributed by atoms with Crippen molar-refractivity contribution in [1.29, 1.82) is 0 Å². The molecule has 0 spiro atoms. The second-order valence-corrected chi connectivity index (χ2v) is 9.10. The fraction of sp³-hybridized carbons (Fsp3) is 0.440. The van der Waals surface area contributed by atoms with Crippen molar-refractivity contribution in [3.63, 3.8) is 0 Å². The molecule has 2 aromatic rings. The summed E-state index contributed by atoms with van der Waals surface area (Å²) in [6.45, 7) is 13.7. The summed E-state index contributed by atoms with van der Waals surface area (Å²) in [7, 11) is 1.36. The van der Waals surface area contributed by atoms with Gasteiger partial charge in [0.15, 0.2) is 0 Å². The molecule has 6 heteroatoms. The van der Waals surface area contributed by atoms with E-state index in [1.165, 1.54) is 12.7 Å². The summed E-state index contributed by atoms with van der Waals surface area (Å²) in [6, 6.07) is 13.1. The van der Waals surface area contributed by atoms with E-state index in [0.717, 1.165) is 38.4 Å². The lowest BCUT2D eigenvalue weighted by Gasteiger charge is -2.34. The fourth-order valence-corrected chi connectivity index (χ4v) is 3.89. The van der Waals surface area contributed by atoms with Crippen LogP contribution in [0.25, 0.3) is 0 Å². The van der Waals surface area contributed by atoms with Crippen molar-refractivity contribution in [2.45, 2.75) is 33.1 Å². The maximum absolute atomic E-state index is 13.0. The molecule has 0 bridgehead atoms. The smallest absolute Gasteiger partial charge is 0.337 e. The first kappa shape index (κ1) is 22.8. The number of amides is 1. The van der Waals surface area contributed by atoms with Gasteiger partial charge in [0.1, 0.15) is 0 Å². The second-order valence-electron chi connectivity index (χ2n) is 9.10. The van der Waals surface area contributed by atoms with E-state index in [2.05, 4.69) is 37.9 Å². The van der Waals surface area contributed by atoms with Gasteiger partial charge < -0.3 is 19.9 Å². The van der Waals surface area contributed by atoms with Crippen LogP contribution in [0.3, 0.4) is 0 Å². The summed E-state index contributed by atoms with van der Waals surface area (Å²) >= 11 is 0. The lowest BCUT2D eigenvalue weighted by atomic mass is 9.87. The van der Waals surface area contributed by atoms with Gasteiger partial charge in [0.05, 0.1) is 56.8 Å². The van der Waals surface area contributed by atoms with Crippen LogP contribution in [0.4, 0.5) is 11.4 Å². The highest BCUT2D eigenvalue weighted by Gasteiger charge is 2.23. The van der Waals surface area contributed by atoms with Gasteiger partial charge in [-0.2, -0.15) is 0 Å². The Kier molecular flexibility index (Phi) is 7.01. The molecule has 0 radical (unpaired) electrons. The maximum atomic E-state index is 13.0. The Labute approximate surface area is 185 Å². The van der Waals surface area contributed by atoms with Crippen LogP contribution in [-0.2, 0) is 10.2 Å². The van der Waals surface area contributed by atoms with E-state index in [-0.39, 0.29) is 11.3 Å². The van der Waals surface area contributed by atoms with E-state index in [9.17, 15) is 9.59 Å². The summed E-state index contributed by atoms with van der Waals surface area (Å²) in [5.74, 6) is -0.613. The van der Waals surface area contributed by atoms with Crippen molar-refractivity contribution < 1.29 is 19.2 Å². The third kappa shape index (κ3) is 5.44. The van der Waals surface area contributed by atoms with Crippen LogP contribution in [0.15, 0.2) is 42.5 Å². The van der Waals surface area contributed by atoms with Gasteiger partial charge in [-0.3, -0.25) is 4.79 Å². The van der Waals surface area contributed by atoms with E-state index < -0.39 is 5.97 Å². The molecular formula is C25H34N3O3+. The van der Waals surface area contributed by atoms with Crippen molar-refractivity contribution in [1.82, 2.24) is 0 Å². The lowest BCUT2D eigenvalue weighted by molar-refractivity contribution is -0.898. The Bertz CT molecular complexity index is 924. The van der Waals surface area contributed by atoms with Gasteiger partial charge in [0.2, 0.25) is 0 Å². The lowest BCUT2D eigenvalue weighted by Crippen LogP contribution is -3.14. The predicted molar refractivity (Wildman–Crippen MR) is 124 cm³/mol. The number of esters is 1. The molecule has 2 N–H and O–H groups in total. The Hall–Kier alpha value is -2.86. The van der Waals surface area contributed by atoms with Crippen molar-refractivity contribution in [2.75, 3.05) is 50.1 Å². The zero-order valence-corrected chi connectivity index (χ0v) is 19.2. The first-order valence-corrected chi connectivity index (χ1v) is 11.0. The highest BCUT2D eigenvalue weighted by atomic mass is 16.5. The zero-order valence-electron chi connectivity index (χ0n) is 19.2. The van der Waals surface area contributed by atoms with Gasteiger partial charge in [-0.1, -0.05) is 32.9 Å². The third-order valence-electron chi connectivity index (χ3n) is 5.99. The highest BCUT2D eigenvalue weighted by Crippen LogP contribution is 2.29. The molecule has 1 saturated heterocycles. The Morgan fingerprint density at radius 3 is 2.19 bits per heavy atom. The summed E-state index contributed by atoms with van der Waals surface area (Å²) < 4.78 is 4.87. The van der Waals surface area contributed by atoms with Gasteiger partial charge in [-0.15, -0.1) is 0 Å². The number of rotatable bonds is 5. The minimum atomic E-state index is -0.420. The van der Waals surface area contributed by atoms with Crippen LogP contribution >= 0.6 is 0 Å². The molecule has 1 amide bonds. The Morgan fingerprint density at radius 2 is 1.65 bits per heavy atom. The Balaban J connectivity index is 1.86. The molecule has 31 heavy (non-hydrogen) atoms.